The standard InChI is InChI=1S/C20H22ClN3O2/c21-17-9-7-16(8-10-17)15-19(25)23-11-4-12-24(14-13-23)20(26)22-18-5-2-1-3-6-18/h1-3,5-10H,4,11-15H2,(H,22,26). The van der Waals surface area contributed by atoms with Crippen LogP contribution in [0.25, 0.3) is 0 Å². The number of para-hydroxylation sites is 1. The van der Waals surface area contributed by atoms with Gasteiger partial charge >= 0.3 is 6.03 Å². The second-order valence-corrected chi connectivity index (χ2v) is 6.76. The molecule has 1 aliphatic rings. The molecule has 0 aromatic heterocycles. The summed E-state index contributed by atoms with van der Waals surface area (Å²) < 4.78 is 0. The van der Waals surface area contributed by atoms with Gasteiger partial charge in [0.15, 0.2) is 0 Å². The van der Waals surface area contributed by atoms with Gasteiger partial charge in [-0.1, -0.05) is 41.9 Å². The van der Waals surface area contributed by atoms with Crippen LogP contribution in [0, 0.1) is 0 Å². The highest BCUT2D eigenvalue weighted by Gasteiger charge is 2.22. The van der Waals surface area contributed by atoms with Gasteiger partial charge in [-0.3, -0.25) is 4.79 Å². The highest BCUT2D eigenvalue weighted by molar-refractivity contribution is 6.30. The summed E-state index contributed by atoms with van der Waals surface area (Å²) in [6.07, 6.45) is 1.13. The van der Waals surface area contributed by atoms with Gasteiger partial charge in [0.1, 0.15) is 0 Å². The zero-order chi connectivity index (χ0) is 18.4. The van der Waals surface area contributed by atoms with Gasteiger partial charge in [-0.2, -0.15) is 0 Å². The average molecular weight is 372 g/mol. The Kier molecular flexibility index (Phi) is 6.12. The van der Waals surface area contributed by atoms with E-state index in [2.05, 4.69) is 5.32 Å². The van der Waals surface area contributed by atoms with Crippen LogP contribution in [0.2, 0.25) is 5.02 Å². The van der Waals surface area contributed by atoms with E-state index >= 15 is 0 Å². The van der Waals surface area contributed by atoms with Crippen molar-refractivity contribution in [3.05, 3.63) is 65.2 Å². The molecule has 3 rings (SSSR count). The summed E-state index contributed by atoms with van der Waals surface area (Å²) in [5.41, 5.74) is 1.72. The van der Waals surface area contributed by atoms with Crippen molar-refractivity contribution in [1.29, 1.82) is 0 Å². The minimum atomic E-state index is -0.122. The molecular weight excluding hydrogens is 350 g/mol. The average Bonchev–Trinajstić information content (AvgIpc) is 2.91. The molecule has 0 spiro atoms. The lowest BCUT2D eigenvalue weighted by Gasteiger charge is -2.22. The van der Waals surface area contributed by atoms with Crippen molar-refractivity contribution < 1.29 is 9.59 Å². The first kappa shape index (κ1) is 18.3. The summed E-state index contributed by atoms with van der Waals surface area (Å²) in [6.45, 7) is 2.39. The molecule has 1 saturated heterocycles. The van der Waals surface area contributed by atoms with Crippen LogP contribution in [-0.2, 0) is 11.2 Å². The Morgan fingerprint density at radius 3 is 2.27 bits per heavy atom. The van der Waals surface area contributed by atoms with E-state index in [4.69, 9.17) is 11.6 Å². The number of amides is 3. The fourth-order valence-electron chi connectivity index (χ4n) is 2.98. The Hall–Kier alpha value is -2.53. The smallest absolute Gasteiger partial charge is 0.321 e. The molecule has 1 N–H and O–H groups in total. The molecule has 26 heavy (non-hydrogen) atoms. The second-order valence-electron chi connectivity index (χ2n) is 6.32. The minimum Gasteiger partial charge on any atom is -0.341 e. The van der Waals surface area contributed by atoms with E-state index in [1.54, 1.807) is 17.0 Å². The molecule has 1 heterocycles. The van der Waals surface area contributed by atoms with Crippen LogP contribution >= 0.6 is 11.6 Å². The molecule has 0 saturated carbocycles. The number of anilines is 1. The number of nitrogens with zero attached hydrogens (tertiary/aromatic N) is 2. The first-order chi connectivity index (χ1) is 12.6. The van der Waals surface area contributed by atoms with E-state index in [9.17, 15) is 9.59 Å². The van der Waals surface area contributed by atoms with Crippen LogP contribution in [-0.4, -0.2) is 47.9 Å². The first-order valence-electron chi connectivity index (χ1n) is 8.75. The summed E-state index contributed by atoms with van der Waals surface area (Å²) in [4.78, 5) is 28.6. The van der Waals surface area contributed by atoms with Crippen LogP contribution in [0.3, 0.4) is 0 Å². The SMILES string of the molecule is O=C(Cc1ccc(Cl)cc1)N1CCCN(C(=O)Nc2ccccc2)CC1. The van der Waals surface area contributed by atoms with Crippen LogP contribution in [0.4, 0.5) is 10.5 Å². The predicted octanol–water partition coefficient (Wildman–Crippen LogP) is 3.65. The van der Waals surface area contributed by atoms with E-state index in [0.29, 0.717) is 37.6 Å². The van der Waals surface area contributed by atoms with Crippen LogP contribution in [0.1, 0.15) is 12.0 Å². The quantitative estimate of drug-likeness (QED) is 0.895. The van der Waals surface area contributed by atoms with E-state index in [1.165, 1.54) is 0 Å². The number of hydrogen-bond acceptors (Lipinski definition) is 2. The second kappa shape index (κ2) is 8.72. The fourth-order valence-corrected chi connectivity index (χ4v) is 3.11. The number of urea groups is 1. The Morgan fingerprint density at radius 1 is 0.885 bits per heavy atom. The molecule has 1 fully saturated rings. The number of halogens is 1. The van der Waals surface area contributed by atoms with E-state index in [0.717, 1.165) is 17.7 Å². The van der Waals surface area contributed by atoms with Gasteiger partial charge in [-0.25, -0.2) is 4.79 Å². The van der Waals surface area contributed by atoms with E-state index in [-0.39, 0.29) is 11.9 Å². The molecule has 2 aromatic rings. The molecule has 0 atom stereocenters. The fraction of sp³-hybridized carbons (Fsp3) is 0.300. The zero-order valence-corrected chi connectivity index (χ0v) is 15.3. The van der Waals surface area contributed by atoms with Crippen molar-refractivity contribution in [2.24, 2.45) is 0 Å². The largest absolute Gasteiger partial charge is 0.341 e. The highest BCUT2D eigenvalue weighted by atomic mass is 35.5. The third-order valence-corrected chi connectivity index (χ3v) is 4.68. The molecule has 0 unspecified atom stereocenters. The van der Waals surface area contributed by atoms with Crippen LogP contribution < -0.4 is 5.32 Å². The lowest BCUT2D eigenvalue weighted by atomic mass is 10.1. The van der Waals surface area contributed by atoms with Gasteiger partial charge in [0.2, 0.25) is 5.91 Å². The van der Waals surface area contributed by atoms with Crippen LogP contribution in [0.15, 0.2) is 54.6 Å². The maximum Gasteiger partial charge on any atom is 0.321 e. The summed E-state index contributed by atoms with van der Waals surface area (Å²) in [6, 6.07) is 16.6. The Labute approximate surface area is 158 Å². The van der Waals surface area contributed by atoms with Crippen molar-refractivity contribution in [1.82, 2.24) is 9.80 Å². The molecule has 136 valence electrons. The number of nitrogens with one attached hydrogen (secondary N) is 1. The molecule has 6 heteroatoms. The molecule has 1 aliphatic heterocycles. The molecule has 0 bridgehead atoms. The van der Waals surface area contributed by atoms with Gasteiger partial charge in [0, 0.05) is 36.9 Å². The summed E-state index contributed by atoms with van der Waals surface area (Å²) in [5, 5.41) is 3.56. The first-order valence-corrected chi connectivity index (χ1v) is 9.13. The molecule has 5 nitrogen and oxygen atoms in total. The molecule has 2 aromatic carbocycles. The molecular formula is C20H22ClN3O2. The van der Waals surface area contributed by atoms with Crippen LogP contribution in [0.5, 0.6) is 0 Å². The summed E-state index contributed by atoms with van der Waals surface area (Å²) >= 11 is 5.88. The van der Waals surface area contributed by atoms with Gasteiger partial charge in [-0.15, -0.1) is 0 Å². The van der Waals surface area contributed by atoms with Crippen molar-refractivity contribution in [3.63, 3.8) is 0 Å². The number of rotatable bonds is 3. The topological polar surface area (TPSA) is 52.7 Å². The number of carbonyl (C=O) groups excluding carboxylic acids is 2. The Balaban J connectivity index is 1.53. The summed E-state index contributed by atoms with van der Waals surface area (Å²) in [5.74, 6) is 0.0811. The van der Waals surface area contributed by atoms with Gasteiger partial charge in [-0.05, 0) is 36.2 Å². The monoisotopic (exact) mass is 371 g/mol. The third kappa shape index (κ3) is 4.99. The number of hydrogen-bond donors (Lipinski definition) is 1. The number of benzene rings is 2. The summed E-state index contributed by atoms with van der Waals surface area (Å²) in [7, 11) is 0. The lowest BCUT2D eigenvalue weighted by molar-refractivity contribution is -0.130. The normalized spacial score (nSPS) is 14.7. The van der Waals surface area contributed by atoms with Crippen molar-refractivity contribution >= 4 is 29.2 Å². The highest BCUT2D eigenvalue weighted by Crippen LogP contribution is 2.13. The molecule has 0 aliphatic carbocycles. The Morgan fingerprint density at radius 2 is 1.54 bits per heavy atom. The molecule has 3 amide bonds. The van der Waals surface area contributed by atoms with Gasteiger partial charge in [0.05, 0.1) is 6.42 Å². The van der Waals surface area contributed by atoms with E-state index in [1.807, 2.05) is 47.4 Å². The maximum atomic E-state index is 12.5. The lowest BCUT2D eigenvalue weighted by Crippen LogP contribution is -2.39. The van der Waals surface area contributed by atoms with Gasteiger partial charge in [0.25, 0.3) is 0 Å². The van der Waals surface area contributed by atoms with Crippen molar-refractivity contribution in [2.45, 2.75) is 12.8 Å². The van der Waals surface area contributed by atoms with Crippen molar-refractivity contribution in [2.75, 3.05) is 31.5 Å². The number of carbonyl (C=O) groups is 2. The zero-order valence-electron chi connectivity index (χ0n) is 14.5. The third-order valence-electron chi connectivity index (χ3n) is 4.43. The molecule has 0 radical (unpaired) electrons. The van der Waals surface area contributed by atoms with E-state index < -0.39 is 0 Å². The van der Waals surface area contributed by atoms with Gasteiger partial charge < -0.3 is 15.1 Å². The van der Waals surface area contributed by atoms with Crippen molar-refractivity contribution in [3.8, 4) is 0 Å². The Bertz CT molecular complexity index is 749. The predicted molar refractivity (Wildman–Crippen MR) is 103 cm³/mol. The minimum absolute atomic E-state index is 0.0811. The maximum absolute atomic E-state index is 12.5.